The van der Waals surface area contributed by atoms with Crippen LogP contribution in [-0.2, 0) is 22.6 Å². The molecule has 3 rings (SSSR count). The van der Waals surface area contributed by atoms with Crippen LogP contribution in [0.25, 0.3) is 0 Å². The standard InChI is InChI=1S/C26H28FNO5/c1-18(26(31)21-7-10-22(29)11-8-21)28-14-13-20-9-12-23(15-24(20)27)32-17-25(30)33-16-19-5-3-2-4-6-19/h2-12,15,18,26,28-29,31H,13-14,16-17H2,1H3/p+1. The number of phenolic OH excluding ortho intramolecular Hbond substituents is 1. The zero-order valence-electron chi connectivity index (χ0n) is 18.5. The number of hydrogen-bond acceptors (Lipinski definition) is 5. The Morgan fingerprint density at radius 1 is 1.06 bits per heavy atom. The van der Waals surface area contributed by atoms with Gasteiger partial charge in [-0.3, -0.25) is 0 Å². The molecule has 4 N–H and O–H groups in total. The molecule has 0 radical (unpaired) electrons. The van der Waals surface area contributed by atoms with Gasteiger partial charge in [-0.25, -0.2) is 9.18 Å². The van der Waals surface area contributed by atoms with Crippen molar-refractivity contribution in [3.63, 3.8) is 0 Å². The fraction of sp³-hybridized carbons (Fsp3) is 0.269. The Bertz CT molecular complexity index is 1030. The van der Waals surface area contributed by atoms with Crippen LogP contribution < -0.4 is 10.1 Å². The van der Waals surface area contributed by atoms with Crippen LogP contribution in [-0.4, -0.2) is 35.4 Å². The van der Waals surface area contributed by atoms with Crippen LogP contribution in [0.5, 0.6) is 11.5 Å². The molecule has 2 atom stereocenters. The van der Waals surface area contributed by atoms with E-state index in [-0.39, 0.29) is 30.8 Å². The van der Waals surface area contributed by atoms with Crippen molar-refractivity contribution in [2.45, 2.75) is 32.1 Å². The summed E-state index contributed by atoms with van der Waals surface area (Å²) in [6.45, 7) is 2.33. The van der Waals surface area contributed by atoms with Crippen LogP contribution in [0.15, 0.2) is 72.8 Å². The van der Waals surface area contributed by atoms with E-state index in [0.29, 0.717) is 24.1 Å². The molecule has 3 aromatic carbocycles. The normalized spacial score (nSPS) is 12.7. The van der Waals surface area contributed by atoms with Gasteiger partial charge in [-0.05, 0) is 41.8 Å². The molecule has 174 valence electrons. The van der Waals surface area contributed by atoms with Gasteiger partial charge in [-0.1, -0.05) is 48.5 Å². The van der Waals surface area contributed by atoms with E-state index in [1.165, 1.54) is 18.2 Å². The number of aliphatic hydroxyl groups excluding tert-OH is 1. The third-order valence-electron chi connectivity index (χ3n) is 5.31. The van der Waals surface area contributed by atoms with Gasteiger partial charge in [0.2, 0.25) is 0 Å². The number of hydrogen-bond donors (Lipinski definition) is 3. The summed E-state index contributed by atoms with van der Waals surface area (Å²) in [5, 5.41) is 21.7. The highest BCUT2D eigenvalue weighted by atomic mass is 19.1. The number of nitrogens with two attached hydrogens (primary N) is 1. The SMILES string of the molecule is CC([NH2+]CCc1ccc(OCC(=O)OCc2ccccc2)cc1F)C(O)c1ccc(O)cc1. The van der Waals surface area contributed by atoms with E-state index in [1.807, 2.05) is 42.6 Å². The molecule has 0 aromatic heterocycles. The van der Waals surface area contributed by atoms with Crippen molar-refractivity contribution in [1.29, 1.82) is 0 Å². The lowest BCUT2D eigenvalue weighted by molar-refractivity contribution is -0.694. The lowest BCUT2D eigenvalue weighted by Gasteiger charge is -2.18. The van der Waals surface area contributed by atoms with Gasteiger partial charge in [-0.2, -0.15) is 0 Å². The number of halogens is 1. The largest absolute Gasteiger partial charge is 0.508 e. The average molecular weight is 455 g/mol. The van der Waals surface area contributed by atoms with Gasteiger partial charge in [0.05, 0.1) is 6.54 Å². The summed E-state index contributed by atoms with van der Waals surface area (Å²) >= 11 is 0. The first kappa shape index (κ1) is 24.2. The predicted octanol–water partition coefficient (Wildman–Crippen LogP) is 2.88. The average Bonchev–Trinajstić information content (AvgIpc) is 2.83. The predicted molar refractivity (Wildman–Crippen MR) is 121 cm³/mol. The summed E-state index contributed by atoms with van der Waals surface area (Å²) in [7, 11) is 0. The van der Waals surface area contributed by atoms with Gasteiger partial charge in [0.25, 0.3) is 0 Å². The van der Waals surface area contributed by atoms with Crippen LogP contribution in [0.2, 0.25) is 0 Å². The van der Waals surface area contributed by atoms with Gasteiger partial charge in [0.15, 0.2) is 6.61 Å². The Hall–Kier alpha value is -3.42. The van der Waals surface area contributed by atoms with E-state index in [0.717, 1.165) is 5.56 Å². The number of ether oxygens (including phenoxy) is 2. The minimum absolute atomic E-state index is 0.137. The van der Waals surface area contributed by atoms with Crippen molar-refractivity contribution < 1.29 is 34.2 Å². The third-order valence-corrected chi connectivity index (χ3v) is 5.31. The molecule has 0 heterocycles. The lowest BCUT2D eigenvalue weighted by Crippen LogP contribution is -2.90. The highest BCUT2D eigenvalue weighted by Crippen LogP contribution is 2.19. The van der Waals surface area contributed by atoms with E-state index < -0.39 is 17.9 Å². The van der Waals surface area contributed by atoms with Crippen LogP contribution in [0, 0.1) is 5.82 Å². The zero-order chi connectivity index (χ0) is 23.6. The Morgan fingerprint density at radius 3 is 2.48 bits per heavy atom. The molecule has 0 aliphatic carbocycles. The molecule has 0 spiro atoms. The van der Waals surface area contributed by atoms with Crippen LogP contribution in [0.1, 0.15) is 29.7 Å². The maximum atomic E-state index is 14.4. The molecule has 0 fully saturated rings. The molecule has 0 saturated carbocycles. The van der Waals surface area contributed by atoms with E-state index in [2.05, 4.69) is 0 Å². The van der Waals surface area contributed by atoms with E-state index in [1.54, 1.807) is 24.3 Å². The Balaban J connectivity index is 1.41. The number of benzene rings is 3. The van der Waals surface area contributed by atoms with E-state index in [9.17, 15) is 19.4 Å². The minimum Gasteiger partial charge on any atom is -0.508 e. The summed E-state index contributed by atoms with van der Waals surface area (Å²) in [6.07, 6.45) is -0.231. The number of aliphatic hydroxyl groups is 1. The van der Waals surface area contributed by atoms with Crippen molar-refractivity contribution in [3.05, 3.63) is 95.3 Å². The number of rotatable bonds is 11. The fourth-order valence-electron chi connectivity index (χ4n) is 3.35. The molecule has 0 aliphatic rings. The van der Waals surface area contributed by atoms with Crippen LogP contribution in [0.3, 0.4) is 0 Å². The smallest absolute Gasteiger partial charge is 0.344 e. The van der Waals surface area contributed by atoms with Gasteiger partial charge < -0.3 is 25.0 Å². The number of carbonyl (C=O) groups excluding carboxylic acids is 1. The van der Waals surface area contributed by atoms with Crippen molar-refractivity contribution in [3.8, 4) is 11.5 Å². The van der Waals surface area contributed by atoms with Crippen LogP contribution >= 0.6 is 0 Å². The van der Waals surface area contributed by atoms with Crippen molar-refractivity contribution in [1.82, 2.24) is 0 Å². The topological polar surface area (TPSA) is 92.6 Å². The molecule has 33 heavy (non-hydrogen) atoms. The Kier molecular flexibility index (Phi) is 8.80. The van der Waals surface area contributed by atoms with Gasteiger partial charge >= 0.3 is 5.97 Å². The first-order valence-electron chi connectivity index (χ1n) is 10.8. The number of aromatic hydroxyl groups is 1. The maximum Gasteiger partial charge on any atom is 0.344 e. The molecular weight excluding hydrogens is 425 g/mol. The minimum atomic E-state index is -0.701. The van der Waals surface area contributed by atoms with Crippen molar-refractivity contribution in [2.24, 2.45) is 0 Å². The molecule has 6 nitrogen and oxygen atoms in total. The van der Waals surface area contributed by atoms with Gasteiger partial charge in [0.1, 0.15) is 36.1 Å². The van der Waals surface area contributed by atoms with Gasteiger partial charge in [-0.15, -0.1) is 0 Å². The number of phenols is 1. The van der Waals surface area contributed by atoms with Crippen LogP contribution in [0.4, 0.5) is 4.39 Å². The second kappa shape index (κ2) is 12.0. The van der Waals surface area contributed by atoms with Crippen molar-refractivity contribution in [2.75, 3.05) is 13.2 Å². The lowest BCUT2D eigenvalue weighted by atomic mass is 10.0. The van der Waals surface area contributed by atoms with E-state index in [4.69, 9.17) is 9.47 Å². The Morgan fingerprint density at radius 2 is 1.79 bits per heavy atom. The second-order valence-electron chi connectivity index (χ2n) is 7.86. The number of carbonyl (C=O) groups is 1. The summed E-state index contributed by atoms with van der Waals surface area (Å²) in [4.78, 5) is 11.8. The summed E-state index contributed by atoms with van der Waals surface area (Å²) in [6, 6.07) is 20.1. The molecule has 0 aliphatic heterocycles. The first-order valence-corrected chi connectivity index (χ1v) is 10.8. The van der Waals surface area contributed by atoms with E-state index >= 15 is 0 Å². The number of quaternary nitrogens is 1. The summed E-state index contributed by atoms with van der Waals surface area (Å²) < 4.78 is 24.9. The van der Waals surface area contributed by atoms with Gasteiger partial charge in [0, 0.05) is 12.5 Å². The molecule has 0 saturated heterocycles. The summed E-state index contributed by atoms with van der Waals surface area (Å²) in [5.74, 6) is -0.535. The second-order valence-corrected chi connectivity index (χ2v) is 7.86. The molecular formula is C26H29FNO5+. The fourth-order valence-corrected chi connectivity index (χ4v) is 3.35. The molecule has 0 amide bonds. The maximum absolute atomic E-state index is 14.4. The monoisotopic (exact) mass is 454 g/mol. The highest BCUT2D eigenvalue weighted by Gasteiger charge is 2.19. The molecule has 7 heteroatoms. The quantitative estimate of drug-likeness (QED) is 0.388. The number of esters is 1. The molecule has 0 bridgehead atoms. The highest BCUT2D eigenvalue weighted by molar-refractivity contribution is 5.71. The summed E-state index contributed by atoms with van der Waals surface area (Å²) in [5.41, 5.74) is 2.12. The molecule has 2 unspecified atom stereocenters. The Labute approximate surface area is 192 Å². The van der Waals surface area contributed by atoms with Crippen molar-refractivity contribution >= 4 is 5.97 Å². The zero-order valence-corrected chi connectivity index (χ0v) is 18.5. The third kappa shape index (κ3) is 7.59. The molecule has 3 aromatic rings. The first-order chi connectivity index (χ1) is 15.9.